The van der Waals surface area contributed by atoms with E-state index in [0.29, 0.717) is 28.8 Å². The standard InChI is InChI=1S/C24H22N4O3S/c1-30-20-9-5-8-18(23(20)31-15-16-6-3-2-4-7-16)14-26-28-22(29)13-17-10-11-19-21(12-17)32-24(25)27-19/h2-12,14H,13,15H2,1H3,(H2,25,27)(H,28,29)/b26-14-. The van der Waals surface area contributed by atoms with Crippen molar-refractivity contribution < 1.29 is 14.3 Å². The van der Waals surface area contributed by atoms with Crippen LogP contribution in [0.25, 0.3) is 10.2 Å². The van der Waals surface area contributed by atoms with Crippen LogP contribution >= 0.6 is 11.3 Å². The normalized spacial score (nSPS) is 11.0. The van der Waals surface area contributed by atoms with Gasteiger partial charge < -0.3 is 15.2 Å². The topological polar surface area (TPSA) is 98.8 Å². The van der Waals surface area contributed by atoms with E-state index in [0.717, 1.165) is 21.3 Å². The van der Waals surface area contributed by atoms with Crippen LogP contribution in [0.5, 0.6) is 11.5 Å². The van der Waals surface area contributed by atoms with Gasteiger partial charge in [-0.3, -0.25) is 4.79 Å². The number of anilines is 1. The number of hydrazone groups is 1. The number of para-hydroxylation sites is 1. The maximum Gasteiger partial charge on any atom is 0.244 e. The van der Waals surface area contributed by atoms with Crippen molar-refractivity contribution in [2.75, 3.05) is 12.8 Å². The van der Waals surface area contributed by atoms with Crippen LogP contribution in [-0.2, 0) is 17.8 Å². The molecule has 1 heterocycles. The third-order valence-electron chi connectivity index (χ3n) is 4.68. The quantitative estimate of drug-likeness (QED) is 0.313. The lowest BCUT2D eigenvalue weighted by Gasteiger charge is -2.13. The summed E-state index contributed by atoms with van der Waals surface area (Å²) in [6, 6.07) is 21.0. The fourth-order valence-corrected chi connectivity index (χ4v) is 3.97. The van der Waals surface area contributed by atoms with E-state index in [9.17, 15) is 4.79 Å². The fourth-order valence-electron chi connectivity index (χ4n) is 3.17. The number of hydrogen-bond acceptors (Lipinski definition) is 7. The number of carbonyl (C=O) groups excluding carboxylic acids is 1. The summed E-state index contributed by atoms with van der Waals surface area (Å²) in [5.41, 5.74) is 11.7. The van der Waals surface area contributed by atoms with Gasteiger partial charge in [-0.1, -0.05) is 53.8 Å². The Kier molecular flexibility index (Phi) is 6.62. The van der Waals surface area contributed by atoms with E-state index in [1.807, 2.05) is 66.7 Å². The van der Waals surface area contributed by atoms with E-state index >= 15 is 0 Å². The third-order valence-corrected chi connectivity index (χ3v) is 5.53. The smallest absolute Gasteiger partial charge is 0.244 e. The van der Waals surface area contributed by atoms with Gasteiger partial charge in [0.2, 0.25) is 5.91 Å². The number of ether oxygens (including phenoxy) is 2. The van der Waals surface area contributed by atoms with Crippen LogP contribution in [0, 0.1) is 0 Å². The zero-order chi connectivity index (χ0) is 22.3. The molecule has 0 spiro atoms. The molecule has 0 aliphatic rings. The number of amides is 1. The molecule has 3 N–H and O–H groups in total. The number of nitrogen functional groups attached to an aromatic ring is 1. The molecule has 0 bridgehead atoms. The van der Waals surface area contributed by atoms with Crippen LogP contribution in [0.1, 0.15) is 16.7 Å². The Labute approximate surface area is 189 Å². The Bertz CT molecular complexity index is 1250. The highest BCUT2D eigenvalue weighted by Gasteiger charge is 2.10. The van der Waals surface area contributed by atoms with Crippen molar-refractivity contribution in [3.63, 3.8) is 0 Å². The average molecular weight is 447 g/mol. The zero-order valence-corrected chi connectivity index (χ0v) is 18.3. The molecule has 0 saturated carbocycles. The molecule has 4 aromatic rings. The molecule has 32 heavy (non-hydrogen) atoms. The molecular formula is C24H22N4O3S. The molecule has 7 nitrogen and oxygen atoms in total. The van der Waals surface area contributed by atoms with Crippen LogP contribution in [-0.4, -0.2) is 24.2 Å². The van der Waals surface area contributed by atoms with E-state index in [1.54, 1.807) is 13.3 Å². The Balaban J connectivity index is 1.42. The summed E-state index contributed by atoms with van der Waals surface area (Å²) in [6.07, 6.45) is 1.74. The van der Waals surface area contributed by atoms with E-state index < -0.39 is 0 Å². The lowest BCUT2D eigenvalue weighted by atomic mass is 10.1. The highest BCUT2D eigenvalue weighted by atomic mass is 32.1. The Morgan fingerprint density at radius 1 is 1.12 bits per heavy atom. The van der Waals surface area contributed by atoms with Gasteiger partial charge in [-0.15, -0.1) is 0 Å². The van der Waals surface area contributed by atoms with Gasteiger partial charge in [0.1, 0.15) is 6.61 Å². The number of thiazole rings is 1. The maximum atomic E-state index is 12.3. The number of methoxy groups -OCH3 is 1. The first kappa shape index (κ1) is 21.3. The summed E-state index contributed by atoms with van der Waals surface area (Å²) < 4.78 is 12.4. The van der Waals surface area contributed by atoms with Crippen LogP contribution in [0.3, 0.4) is 0 Å². The van der Waals surface area contributed by atoms with Crippen LogP contribution in [0.15, 0.2) is 71.8 Å². The molecule has 1 aromatic heterocycles. The second-order valence-corrected chi connectivity index (χ2v) is 8.04. The lowest BCUT2D eigenvalue weighted by molar-refractivity contribution is -0.120. The van der Waals surface area contributed by atoms with Crippen LogP contribution in [0.4, 0.5) is 5.13 Å². The predicted octanol–water partition coefficient (Wildman–Crippen LogP) is 4.16. The molecule has 4 rings (SSSR count). The van der Waals surface area contributed by atoms with Crippen molar-refractivity contribution in [3.05, 3.63) is 83.4 Å². The lowest BCUT2D eigenvalue weighted by Crippen LogP contribution is -2.19. The van der Waals surface area contributed by atoms with Gasteiger partial charge in [-0.05, 0) is 35.4 Å². The molecule has 0 aliphatic heterocycles. The van der Waals surface area contributed by atoms with E-state index in [2.05, 4.69) is 15.5 Å². The Morgan fingerprint density at radius 3 is 2.78 bits per heavy atom. The number of benzene rings is 3. The highest BCUT2D eigenvalue weighted by Crippen LogP contribution is 2.31. The van der Waals surface area contributed by atoms with E-state index in [4.69, 9.17) is 15.2 Å². The molecule has 0 atom stereocenters. The number of nitrogens with two attached hydrogens (primary N) is 1. The number of nitrogens with zero attached hydrogens (tertiary/aromatic N) is 2. The SMILES string of the molecule is COc1cccc(/C=N\NC(=O)Cc2ccc3nc(N)sc3c2)c1OCc1ccccc1. The van der Waals surface area contributed by atoms with Gasteiger partial charge in [0.05, 0.1) is 30.0 Å². The second-order valence-electron chi connectivity index (χ2n) is 6.98. The summed E-state index contributed by atoms with van der Waals surface area (Å²) in [7, 11) is 1.58. The monoisotopic (exact) mass is 446 g/mol. The van der Waals surface area contributed by atoms with E-state index in [1.165, 1.54) is 11.3 Å². The second kappa shape index (κ2) is 9.93. The summed E-state index contributed by atoms with van der Waals surface area (Å²) in [4.78, 5) is 16.6. The third kappa shape index (κ3) is 5.22. The number of hydrogen-bond donors (Lipinski definition) is 2. The van der Waals surface area contributed by atoms with Gasteiger partial charge in [-0.2, -0.15) is 5.10 Å². The zero-order valence-electron chi connectivity index (χ0n) is 17.4. The molecular weight excluding hydrogens is 424 g/mol. The minimum absolute atomic E-state index is 0.195. The first-order valence-corrected chi connectivity index (χ1v) is 10.7. The molecule has 0 fully saturated rings. The minimum Gasteiger partial charge on any atom is -0.493 e. The average Bonchev–Trinajstić information content (AvgIpc) is 3.18. The number of fused-ring (bicyclic) bond motifs is 1. The van der Waals surface area contributed by atoms with Gasteiger partial charge in [0, 0.05) is 5.56 Å². The molecule has 3 aromatic carbocycles. The van der Waals surface area contributed by atoms with Crippen molar-refractivity contribution >= 4 is 38.8 Å². The molecule has 8 heteroatoms. The molecule has 162 valence electrons. The highest BCUT2D eigenvalue weighted by molar-refractivity contribution is 7.22. The minimum atomic E-state index is -0.229. The maximum absolute atomic E-state index is 12.3. The van der Waals surface area contributed by atoms with Crippen molar-refractivity contribution in [2.24, 2.45) is 5.10 Å². The predicted molar refractivity (Wildman–Crippen MR) is 127 cm³/mol. The van der Waals surface area contributed by atoms with Crippen LogP contribution in [0.2, 0.25) is 0 Å². The van der Waals surface area contributed by atoms with Gasteiger partial charge in [0.15, 0.2) is 16.6 Å². The van der Waals surface area contributed by atoms with Crippen molar-refractivity contribution in [1.82, 2.24) is 10.4 Å². The molecule has 0 radical (unpaired) electrons. The molecule has 0 saturated heterocycles. The van der Waals surface area contributed by atoms with Gasteiger partial charge >= 0.3 is 0 Å². The summed E-state index contributed by atoms with van der Waals surface area (Å²) in [5.74, 6) is 0.922. The number of carbonyl (C=O) groups is 1. The first-order valence-electron chi connectivity index (χ1n) is 9.93. The van der Waals surface area contributed by atoms with Crippen molar-refractivity contribution in [2.45, 2.75) is 13.0 Å². The van der Waals surface area contributed by atoms with Crippen molar-refractivity contribution in [1.29, 1.82) is 0 Å². The van der Waals surface area contributed by atoms with Gasteiger partial charge in [0.25, 0.3) is 0 Å². The molecule has 0 unspecified atom stereocenters. The number of nitrogens with one attached hydrogen (secondary N) is 1. The van der Waals surface area contributed by atoms with E-state index in [-0.39, 0.29) is 12.3 Å². The Morgan fingerprint density at radius 2 is 1.97 bits per heavy atom. The summed E-state index contributed by atoms with van der Waals surface area (Å²) in [5, 5.41) is 4.61. The van der Waals surface area contributed by atoms with Crippen LogP contribution < -0.4 is 20.6 Å². The van der Waals surface area contributed by atoms with Crippen molar-refractivity contribution in [3.8, 4) is 11.5 Å². The summed E-state index contributed by atoms with van der Waals surface area (Å²) >= 11 is 1.40. The van der Waals surface area contributed by atoms with Gasteiger partial charge in [-0.25, -0.2) is 10.4 Å². The first-order chi connectivity index (χ1) is 15.6. The fraction of sp³-hybridized carbons (Fsp3) is 0.125. The largest absolute Gasteiger partial charge is 0.493 e. The number of rotatable bonds is 8. The summed E-state index contributed by atoms with van der Waals surface area (Å²) in [6.45, 7) is 0.388. The molecule has 0 aliphatic carbocycles. The molecule has 1 amide bonds. The number of aromatic nitrogens is 1. The Hall–Kier alpha value is -3.91.